The van der Waals surface area contributed by atoms with E-state index in [9.17, 15) is 9.18 Å². The van der Waals surface area contributed by atoms with E-state index in [1.54, 1.807) is 6.07 Å². The number of nitrogens with one attached hydrogen (secondary N) is 2. The largest absolute Gasteiger partial charge is 0.381 e. The van der Waals surface area contributed by atoms with Crippen molar-refractivity contribution < 1.29 is 13.9 Å². The molecule has 2 rings (SSSR count). The van der Waals surface area contributed by atoms with Gasteiger partial charge in [0.2, 0.25) is 5.91 Å². The summed E-state index contributed by atoms with van der Waals surface area (Å²) in [5.74, 6) is -0.302. The van der Waals surface area contributed by atoms with E-state index in [0.717, 1.165) is 5.56 Å². The first-order chi connectivity index (χ1) is 9.66. The summed E-state index contributed by atoms with van der Waals surface area (Å²) in [5, 5.41) is 6.04. The van der Waals surface area contributed by atoms with Crippen LogP contribution in [-0.4, -0.2) is 32.7 Å². The van der Waals surface area contributed by atoms with E-state index in [1.165, 1.54) is 12.1 Å². The Morgan fingerprint density at radius 3 is 2.80 bits per heavy atom. The third-order valence-electron chi connectivity index (χ3n) is 3.70. The Hall–Kier alpha value is -1.46. The molecule has 1 amide bonds. The minimum absolute atomic E-state index is 0.0227. The molecule has 1 aromatic carbocycles. The zero-order valence-electron chi connectivity index (χ0n) is 11.7. The Morgan fingerprint density at radius 2 is 2.15 bits per heavy atom. The third kappa shape index (κ3) is 3.55. The second kappa shape index (κ2) is 6.81. The lowest BCUT2D eigenvalue weighted by molar-refractivity contribution is -0.124. The van der Waals surface area contributed by atoms with Gasteiger partial charge >= 0.3 is 0 Å². The minimum Gasteiger partial charge on any atom is -0.381 e. The van der Waals surface area contributed by atoms with Crippen LogP contribution >= 0.6 is 0 Å². The molecular formula is C15H21FN2O2. The van der Waals surface area contributed by atoms with Gasteiger partial charge < -0.3 is 15.4 Å². The van der Waals surface area contributed by atoms with Crippen LogP contribution in [0.2, 0.25) is 0 Å². The SMILES string of the molecule is CNCCC(=O)NC1(c2cccc(F)c2)CCOCC1. The lowest BCUT2D eigenvalue weighted by atomic mass is 9.82. The van der Waals surface area contributed by atoms with Crippen LogP contribution in [0.15, 0.2) is 24.3 Å². The number of carbonyl (C=O) groups is 1. The van der Waals surface area contributed by atoms with Crippen molar-refractivity contribution in [2.45, 2.75) is 24.8 Å². The summed E-state index contributed by atoms with van der Waals surface area (Å²) in [4.78, 5) is 12.0. The Bertz CT molecular complexity index is 459. The monoisotopic (exact) mass is 280 g/mol. The number of hydrogen-bond donors (Lipinski definition) is 2. The molecule has 0 bridgehead atoms. The van der Waals surface area contributed by atoms with Crippen LogP contribution in [0.5, 0.6) is 0 Å². The Kier molecular flexibility index (Phi) is 5.09. The quantitative estimate of drug-likeness (QED) is 0.860. The average molecular weight is 280 g/mol. The highest BCUT2D eigenvalue weighted by Crippen LogP contribution is 2.32. The van der Waals surface area contributed by atoms with Gasteiger partial charge in [0.1, 0.15) is 5.82 Å². The fraction of sp³-hybridized carbons (Fsp3) is 0.533. The second-order valence-corrected chi connectivity index (χ2v) is 5.11. The van der Waals surface area contributed by atoms with Gasteiger partial charge in [0.05, 0.1) is 5.54 Å². The smallest absolute Gasteiger partial charge is 0.221 e. The lowest BCUT2D eigenvalue weighted by Gasteiger charge is -2.38. The molecule has 0 unspecified atom stereocenters. The predicted octanol–water partition coefficient (Wildman–Crippen LogP) is 1.56. The lowest BCUT2D eigenvalue weighted by Crippen LogP contribution is -2.49. The van der Waals surface area contributed by atoms with Crippen molar-refractivity contribution in [1.82, 2.24) is 10.6 Å². The summed E-state index contributed by atoms with van der Waals surface area (Å²) in [6, 6.07) is 6.47. The van der Waals surface area contributed by atoms with Crippen LogP contribution in [0, 0.1) is 5.82 Å². The van der Waals surface area contributed by atoms with Gasteiger partial charge in [-0.05, 0) is 37.6 Å². The Labute approximate surface area is 118 Å². The second-order valence-electron chi connectivity index (χ2n) is 5.11. The van der Waals surface area contributed by atoms with Crippen LogP contribution in [-0.2, 0) is 15.1 Å². The molecule has 0 aliphatic carbocycles. The van der Waals surface area contributed by atoms with Gasteiger partial charge in [0, 0.05) is 26.2 Å². The third-order valence-corrected chi connectivity index (χ3v) is 3.70. The molecule has 0 atom stereocenters. The first kappa shape index (κ1) is 14.9. The molecule has 0 radical (unpaired) electrons. The highest BCUT2D eigenvalue weighted by atomic mass is 19.1. The molecule has 0 saturated carbocycles. The van der Waals surface area contributed by atoms with Crippen molar-refractivity contribution in [2.75, 3.05) is 26.8 Å². The van der Waals surface area contributed by atoms with Gasteiger partial charge in [-0.3, -0.25) is 4.79 Å². The van der Waals surface area contributed by atoms with Gasteiger partial charge in [-0.25, -0.2) is 4.39 Å². The van der Waals surface area contributed by atoms with Crippen molar-refractivity contribution in [3.63, 3.8) is 0 Å². The van der Waals surface area contributed by atoms with Crippen molar-refractivity contribution in [3.05, 3.63) is 35.6 Å². The fourth-order valence-electron chi connectivity index (χ4n) is 2.56. The van der Waals surface area contributed by atoms with Gasteiger partial charge in [-0.15, -0.1) is 0 Å². The van der Waals surface area contributed by atoms with Gasteiger partial charge in [0.15, 0.2) is 0 Å². The van der Waals surface area contributed by atoms with Crippen molar-refractivity contribution in [3.8, 4) is 0 Å². The molecule has 1 saturated heterocycles. The fourth-order valence-corrected chi connectivity index (χ4v) is 2.56. The number of carbonyl (C=O) groups excluding carboxylic acids is 1. The summed E-state index contributed by atoms with van der Waals surface area (Å²) >= 11 is 0. The number of rotatable bonds is 5. The van der Waals surface area contributed by atoms with Crippen LogP contribution in [0.4, 0.5) is 4.39 Å². The standard InChI is InChI=1S/C15H21FN2O2/c1-17-8-5-14(19)18-15(6-9-20-10-7-15)12-3-2-4-13(16)11-12/h2-4,11,17H,5-10H2,1H3,(H,18,19). The molecule has 4 nitrogen and oxygen atoms in total. The van der Waals surface area contributed by atoms with E-state index < -0.39 is 5.54 Å². The maximum Gasteiger partial charge on any atom is 0.221 e. The summed E-state index contributed by atoms with van der Waals surface area (Å²) in [5.41, 5.74) is 0.309. The van der Waals surface area contributed by atoms with Crippen LogP contribution in [0.1, 0.15) is 24.8 Å². The molecule has 1 aliphatic heterocycles. The molecule has 5 heteroatoms. The van der Waals surface area contributed by atoms with E-state index >= 15 is 0 Å². The highest BCUT2D eigenvalue weighted by molar-refractivity contribution is 5.77. The number of hydrogen-bond acceptors (Lipinski definition) is 3. The molecule has 1 heterocycles. The Balaban J connectivity index is 2.19. The molecule has 110 valence electrons. The molecule has 20 heavy (non-hydrogen) atoms. The summed E-state index contributed by atoms with van der Waals surface area (Å²) in [6.07, 6.45) is 1.75. The molecule has 0 spiro atoms. The predicted molar refractivity (Wildman–Crippen MR) is 74.8 cm³/mol. The zero-order chi connectivity index (χ0) is 14.4. The van der Waals surface area contributed by atoms with Crippen molar-refractivity contribution >= 4 is 5.91 Å². The summed E-state index contributed by atoms with van der Waals surface area (Å²) in [6.45, 7) is 1.77. The number of amides is 1. The maximum absolute atomic E-state index is 13.5. The Morgan fingerprint density at radius 1 is 1.40 bits per heavy atom. The van der Waals surface area contributed by atoms with E-state index in [4.69, 9.17) is 4.74 Å². The summed E-state index contributed by atoms with van der Waals surface area (Å²) in [7, 11) is 1.81. The van der Waals surface area contributed by atoms with E-state index in [2.05, 4.69) is 10.6 Å². The van der Waals surface area contributed by atoms with Crippen LogP contribution in [0.25, 0.3) is 0 Å². The van der Waals surface area contributed by atoms with E-state index in [1.807, 2.05) is 13.1 Å². The number of halogens is 1. The normalized spacial score (nSPS) is 17.7. The zero-order valence-corrected chi connectivity index (χ0v) is 11.7. The summed E-state index contributed by atoms with van der Waals surface area (Å²) < 4.78 is 18.9. The topological polar surface area (TPSA) is 50.4 Å². The molecule has 0 aromatic heterocycles. The highest BCUT2D eigenvalue weighted by Gasteiger charge is 2.35. The molecule has 2 N–H and O–H groups in total. The van der Waals surface area contributed by atoms with Crippen molar-refractivity contribution in [1.29, 1.82) is 0 Å². The minimum atomic E-state index is -0.509. The van der Waals surface area contributed by atoms with E-state index in [0.29, 0.717) is 39.0 Å². The van der Waals surface area contributed by atoms with Crippen LogP contribution < -0.4 is 10.6 Å². The van der Waals surface area contributed by atoms with Gasteiger partial charge in [-0.2, -0.15) is 0 Å². The molecule has 1 fully saturated rings. The first-order valence-corrected chi connectivity index (χ1v) is 6.96. The molecule has 1 aromatic rings. The van der Waals surface area contributed by atoms with Crippen LogP contribution in [0.3, 0.4) is 0 Å². The van der Waals surface area contributed by atoms with E-state index in [-0.39, 0.29) is 11.7 Å². The average Bonchev–Trinajstić information content (AvgIpc) is 2.46. The molecule has 1 aliphatic rings. The molecular weight excluding hydrogens is 259 g/mol. The first-order valence-electron chi connectivity index (χ1n) is 6.96. The maximum atomic E-state index is 13.5. The number of ether oxygens (including phenoxy) is 1. The van der Waals surface area contributed by atoms with Crippen molar-refractivity contribution in [2.24, 2.45) is 0 Å². The number of benzene rings is 1. The van der Waals surface area contributed by atoms with Gasteiger partial charge in [-0.1, -0.05) is 12.1 Å². The van der Waals surface area contributed by atoms with Gasteiger partial charge in [0.25, 0.3) is 0 Å².